The lowest BCUT2D eigenvalue weighted by Crippen LogP contribution is -2.42. The Morgan fingerprint density at radius 1 is 0.829 bits per heavy atom. The van der Waals surface area contributed by atoms with E-state index in [9.17, 15) is 9.59 Å². The predicted molar refractivity (Wildman–Crippen MR) is 145 cm³/mol. The summed E-state index contributed by atoms with van der Waals surface area (Å²) in [6.45, 7) is 2.74. The molecule has 0 aliphatic carbocycles. The summed E-state index contributed by atoms with van der Waals surface area (Å²) in [5.41, 5.74) is 3.85. The van der Waals surface area contributed by atoms with Crippen molar-refractivity contribution in [1.82, 2.24) is 5.32 Å². The van der Waals surface area contributed by atoms with Crippen LogP contribution in [-0.2, 0) is 16.0 Å². The number of carbonyl (C=O) groups excluding carboxylic acids is 2. The summed E-state index contributed by atoms with van der Waals surface area (Å²) in [6.07, 6.45) is 6.75. The fourth-order valence-electron chi connectivity index (χ4n) is 4.05. The molecule has 0 saturated heterocycles. The van der Waals surface area contributed by atoms with E-state index in [2.05, 4.69) is 24.4 Å². The normalized spacial score (nSPS) is 12.1. The summed E-state index contributed by atoms with van der Waals surface area (Å²) in [6, 6.07) is 29.6. The van der Waals surface area contributed by atoms with E-state index in [1.54, 1.807) is 11.9 Å². The number of allylic oxidation sites excluding steroid dienone is 1. The van der Waals surface area contributed by atoms with Crippen LogP contribution in [0.1, 0.15) is 43.7 Å². The maximum atomic E-state index is 13.7. The van der Waals surface area contributed by atoms with E-state index in [0.29, 0.717) is 13.0 Å². The summed E-state index contributed by atoms with van der Waals surface area (Å²) in [4.78, 5) is 28.6. The first kappa shape index (κ1) is 26.0. The van der Waals surface area contributed by atoms with Gasteiger partial charge in [-0.15, -0.1) is 0 Å². The molecular formula is C31H36N2O2. The maximum Gasteiger partial charge on any atom is 0.243 e. The van der Waals surface area contributed by atoms with E-state index in [4.69, 9.17) is 0 Å². The molecule has 182 valence electrons. The summed E-state index contributed by atoms with van der Waals surface area (Å²) in [5, 5.41) is 3.02. The second kappa shape index (κ2) is 13.9. The maximum absolute atomic E-state index is 13.7. The highest BCUT2D eigenvalue weighted by Gasteiger charge is 2.28. The number of anilines is 1. The minimum atomic E-state index is -0.926. The zero-order valence-corrected chi connectivity index (χ0v) is 20.8. The van der Waals surface area contributed by atoms with Gasteiger partial charge in [-0.2, -0.15) is 0 Å². The molecule has 0 bridgehead atoms. The molecule has 0 aliphatic rings. The smallest absolute Gasteiger partial charge is 0.243 e. The highest BCUT2D eigenvalue weighted by atomic mass is 16.2. The first-order valence-corrected chi connectivity index (χ1v) is 12.5. The van der Waals surface area contributed by atoms with Gasteiger partial charge in [0, 0.05) is 19.3 Å². The third kappa shape index (κ3) is 7.96. The number of amides is 2. The van der Waals surface area contributed by atoms with Crippen molar-refractivity contribution in [2.45, 2.75) is 39.0 Å². The number of nitrogens with one attached hydrogen (secondary N) is 1. The fourth-order valence-corrected chi connectivity index (χ4v) is 4.05. The summed E-state index contributed by atoms with van der Waals surface area (Å²) < 4.78 is 0. The minimum absolute atomic E-state index is 0.247. The Hall–Kier alpha value is -3.66. The van der Waals surface area contributed by atoms with Crippen molar-refractivity contribution in [3.63, 3.8) is 0 Å². The van der Waals surface area contributed by atoms with Crippen LogP contribution in [-0.4, -0.2) is 25.4 Å². The van der Waals surface area contributed by atoms with Gasteiger partial charge in [0.15, 0.2) is 0 Å². The molecule has 1 N–H and O–H groups in total. The average molecular weight is 469 g/mol. The zero-order valence-electron chi connectivity index (χ0n) is 20.8. The largest absolute Gasteiger partial charge is 0.355 e. The molecule has 0 aliphatic heterocycles. The van der Waals surface area contributed by atoms with E-state index in [1.165, 1.54) is 0 Å². The molecule has 0 aromatic heterocycles. The summed E-state index contributed by atoms with van der Waals surface area (Å²) >= 11 is 0. The molecule has 4 nitrogen and oxygen atoms in total. The number of unbranched alkanes of at least 4 members (excludes halogenated alkanes) is 3. The Morgan fingerprint density at radius 3 is 2.06 bits per heavy atom. The predicted octanol–water partition coefficient (Wildman–Crippen LogP) is 6.29. The van der Waals surface area contributed by atoms with Crippen LogP contribution in [0.4, 0.5) is 5.69 Å². The van der Waals surface area contributed by atoms with Crippen LogP contribution >= 0.6 is 0 Å². The Balaban J connectivity index is 1.93. The molecule has 0 heterocycles. The third-order valence-corrected chi connectivity index (χ3v) is 6.10. The quantitative estimate of drug-likeness (QED) is 0.251. The standard InChI is InChI=1S/C31H36N2O2/c1-3-4-5-15-22-32-30(34)29(31(35)33(2)28-20-13-8-14-21-28)24-27(26-18-11-7-12-19-26)23-25-16-9-6-10-17-25/h6-14,16-21,24,29H,3-5,15,22-23H2,1-2H3,(H,32,34)/b27-24+. The van der Waals surface area contributed by atoms with Crippen molar-refractivity contribution >= 4 is 23.1 Å². The van der Waals surface area contributed by atoms with Crippen LogP contribution < -0.4 is 10.2 Å². The van der Waals surface area contributed by atoms with Crippen LogP contribution in [0.2, 0.25) is 0 Å². The van der Waals surface area contributed by atoms with Crippen molar-refractivity contribution in [2.24, 2.45) is 5.92 Å². The molecule has 1 atom stereocenters. The van der Waals surface area contributed by atoms with Crippen molar-refractivity contribution in [2.75, 3.05) is 18.5 Å². The Morgan fingerprint density at radius 2 is 1.43 bits per heavy atom. The number of carbonyl (C=O) groups is 2. The highest BCUT2D eigenvalue weighted by molar-refractivity contribution is 6.09. The van der Waals surface area contributed by atoms with E-state index < -0.39 is 5.92 Å². The van der Waals surface area contributed by atoms with Gasteiger partial charge in [-0.05, 0) is 41.7 Å². The molecule has 0 spiro atoms. The minimum Gasteiger partial charge on any atom is -0.355 e. The Bertz CT molecular complexity index is 1080. The van der Waals surface area contributed by atoms with Crippen molar-refractivity contribution in [1.29, 1.82) is 0 Å². The highest BCUT2D eigenvalue weighted by Crippen LogP contribution is 2.24. The van der Waals surface area contributed by atoms with Crippen molar-refractivity contribution in [3.05, 3.63) is 108 Å². The molecule has 0 fully saturated rings. The van der Waals surface area contributed by atoms with Crippen molar-refractivity contribution < 1.29 is 9.59 Å². The second-order valence-electron chi connectivity index (χ2n) is 8.78. The molecule has 2 amide bonds. The lowest BCUT2D eigenvalue weighted by molar-refractivity contribution is -0.131. The van der Waals surface area contributed by atoms with Gasteiger partial charge < -0.3 is 10.2 Å². The molecule has 3 rings (SSSR count). The first-order chi connectivity index (χ1) is 17.1. The summed E-state index contributed by atoms with van der Waals surface area (Å²) in [5.74, 6) is -1.43. The number of nitrogens with zero attached hydrogens (tertiary/aromatic N) is 1. The lowest BCUT2D eigenvalue weighted by atomic mass is 9.93. The molecule has 0 radical (unpaired) electrons. The van der Waals surface area contributed by atoms with Gasteiger partial charge in [-0.1, -0.05) is 111 Å². The Kier molecular flexibility index (Phi) is 10.3. The SMILES string of the molecule is CCCCCCNC(=O)C(/C=C(\Cc1ccccc1)c1ccccc1)C(=O)N(C)c1ccccc1. The molecule has 35 heavy (non-hydrogen) atoms. The van der Waals surface area contributed by atoms with E-state index in [-0.39, 0.29) is 11.8 Å². The number of rotatable bonds is 12. The van der Waals surface area contributed by atoms with Crippen LogP contribution in [0.3, 0.4) is 0 Å². The van der Waals surface area contributed by atoms with Crippen LogP contribution in [0, 0.1) is 5.92 Å². The number of hydrogen-bond donors (Lipinski definition) is 1. The number of benzene rings is 3. The number of hydrogen-bond acceptors (Lipinski definition) is 2. The van der Waals surface area contributed by atoms with Crippen LogP contribution in [0.25, 0.3) is 5.57 Å². The molecule has 0 saturated carbocycles. The molecule has 4 heteroatoms. The van der Waals surface area contributed by atoms with Crippen LogP contribution in [0.15, 0.2) is 97.1 Å². The van der Waals surface area contributed by atoms with Gasteiger partial charge in [-0.25, -0.2) is 0 Å². The molecular weight excluding hydrogens is 432 g/mol. The van der Waals surface area contributed by atoms with E-state index in [1.807, 2.05) is 84.9 Å². The zero-order chi connectivity index (χ0) is 24.9. The monoisotopic (exact) mass is 468 g/mol. The fraction of sp³-hybridized carbons (Fsp3) is 0.290. The average Bonchev–Trinajstić information content (AvgIpc) is 2.91. The van der Waals surface area contributed by atoms with Gasteiger partial charge in [-0.3, -0.25) is 9.59 Å². The van der Waals surface area contributed by atoms with Crippen LogP contribution in [0.5, 0.6) is 0 Å². The third-order valence-electron chi connectivity index (χ3n) is 6.10. The molecule has 3 aromatic rings. The second-order valence-corrected chi connectivity index (χ2v) is 8.78. The van der Waals surface area contributed by atoms with Crippen molar-refractivity contribution in [3.8, 4) is 0 Å². The number of para-hydroxylation sites is 1. The van der Waals surface area contributed by atoms with E-state index in [0.717, 1.165) is 48.1 Å². The topological polar surface area (TPSA) is 49.4 Å². The first-order valence-electron chi connectivity index (χ1n) is 12.5. The van der Waals surface area contributed by atoms with Gasteiger partial charge in [0.05, 0.1) is 0 Å². The summed E-state index contributed by atoms with van der Waals surface area (Å²) in [7, 11) is 1.73. The van der Waals surface area contributed by atoms with Gasteiger partial charge >= 0.3 is 0 Å². The Labute approximate surface area is 209 Å². The molecule has 1 unspecified atom stereocenters. The lowest BCUT2D eigenvalue weighted by Gasteiger charge is -2.23. The van der Waals surface area contributed by atoms with Gasteiger partial charge in [0.25, 0.3) is 0 Å². The van der Waals surface area contributed by atoms with Gasteiger partial charge in [0.2, 0.25) is 11.8 Å². The van der Waals surface area contributed by atoms with E-state index >= 15 is 0 Å². The molecule has 3 aromatic carbocycles. The van der Waals surface area contributed by atoms with Gasteiger partial charge in [0.1, 0.15) is 5.92 Å².